The number of amides is 2. The van der Waals surface area contributed by atoms with Gasteiger partial charge in [0.25, 0.3) is 5.91 Å². The van der Waals surface area contributed by atoms with E-state index in [9.17, 15) is 14.0 Å². The van der Waals surface area contributed by atoms with Gasteiger partial charge in [0.05, 0.1) is 11.4 Å². The first-order valence-corrected chi connectivity index (χ1v) is 12.9. The Morgan fingerprint density at radius 1 is 1.06 bits per heavy atom. The number of carbonyl (C=O) groups excluding carboxylic acids is 2. The smallest absolute Gasteiger partial charge is 0.264 e. The normalized spacial score (nSPS) is 14.2. The molecule has 2 heterocycles. The highest BCUT2D eigenvalue weighted by molar-refractivity contribution is 7.12. The van der Waals surface area contributed by atoms with Crippen LogP contribution in [0, 0.1) is 5.82 Å². The second kappa shape index (κ2) is 11.5. The van der Waals surface area contributed by atoms with Crippen LogP contribution in [0.3, 0.4) is 0 Å². The van der Waals surface area contributed by atoms with Gasteiger partial charge in [-0.05, 0) is 61.0 Å². The van der Waals surface area contributed by atoms with Crippen LogP contribution in [-0.2, 0) is 17.9 Å². The molecule has 180 valence electrons. The molecule has 1 fully saturated rings. The van der Waals surface area contributed by atoms with Crippen LogP contribution in [0.25, 0.3) is 0 Å². The molecule has 0 N–H and O–H groups in total. The molecule has 7 heteroatoms. The van der Waals surface area contributed by atoms with Crippen molar-refractivity contribution in [1.29, 1.82) is 0 Å². The third-order valence-electron chi connectivity index (χ3n) is 6.58. The van der Waals surface area contributed by atoms with Crippen LogP contribution in [0.4, 0.5) is 4.39 Å². The van der Waals surface area contributed by atoms with Gasteiger partial charge in [-0.3, -0.25) is 9.59 Å². The number of aromatic nitrogens is 1. The van der Waals surface area contributed by atoms with Crippen molar-refractivity contribution in [3.63, 3.8) is 0 Å². The largest absolute Gasteiger partial charge is 0.345 e. The van der Waals surface area contributed by atoms with Gasteiger partial charge >= 0.3 is 0 Å². The van der Waals surface area contributed by atoms with E-state index < -0.39 is 0 Å². The Kier molecular flexibility index (Phi) is 8.16. The molecule has 0 spiro atoms. The Balaban J connectivity index is 1.51. The number of nitrogens with zero attached hydrogens (tertiary/aromatic N) is 3. The lowest BCUT2D eigenvalue weighted by Gasteiger charge is -2.36. The molecule has 0 bridgehead atoms. The van der Waals surface area contributed by atoms with Crippen molar-refractivity contribution in [2.75, 3.05) is 13.1 Å². The summed E-state index contributed by atoms with van der Waals surface area (Å²) in [7, 11) is 0. The summed E-state index contributed by atoms with van der Waals surface area (Å²) >= 11 is 1.40. The third kappa shape index (κ3) is 5.95. The molecule has 2 amide bonds. The van der Waals surface area contributed by atoms with Crippen molar-refractivity contribution >= 4 is 23.2 Å². The number of thiophene rings is 1. The summed E-state index contributed by atoms with van der Waals surface area (Å²) in [6, 6.07) is 14.4. The van der Waals surface area contributed by atoms with Crippen molar-refractivity contribution in [1.82, 2.24) is 14.4 Å². The maximum atomic E-state index is 13.6. The van der Waals surface area contributed by atoms with E-state index in [1.807, 2.05) is 41.6 Å². The molecule has 0 aliphatic heterocycles. The van der Waals surface area contributed by atoms with Gasteiger partial charge in [-0.2, -0.15) is 0 Å². The first kappa shape index (κ1) is 24.2. The number of rotatable bonds is 9. The number of carbonyl (C=O) groups is 2. The highest BCUT2D eigenvalue weighted by Crippen LogP contribution is 2.25. The Bertz CT molecular complexity index is 1070. The molecule has 1 aliphatic rings. The van der Waals surface area contributed by atoms with Gasteiger partial charge in [-0.25, -0.2) is 4.39 Å². The molecule has 1 saturated carbocycles. The fourth-order valence-corrected chi connectivity index (χ4v) is 5.35. The Hall–Kier alpha value is -2.93. The van der Waals surface area contributed by atoms with E-state index in [0.717, 1.165) is 36.9 Å². The maximum Gasteiger partial charge on any atom is 0.264 e. The highest BCUT2D eigenvalue weighted by atomic mass is 32.1. The third-order valence-corrected chi connectivity index (χ3v) is 7.44. The molecule has 0 atom stereocenters. The highest BCUT2D eigenvalue weighted by Gasteiger charge is 2.29. The molecule has 0 unspecified atom stereocenters. The maximum absolute atomic E-state index is 13.6. The van der Waals surface area contributed by atoms with Crippen molar-refractivity contribution in [2.24, 2.45) is 0 Å². The molecule has 34 heavy (non-hydrogen) atoms. The summed E-state index contributed by atoms with van der Waals surface area (Å²) in [6.45, 7) is 3.61. The summed E-state index contributed by atoms with van der Waals surface area (Å²) in [5.41, 5.74) is 2.05. The van der Waals surface area contributed by atoms with Crippen LogP contribution >= 0.6 is 11.3 Å². The van der Waals surface area contributed by atoms with Crippen molar-refractivity contribution in [3.8, 4) is 0 Å². The van der Waals surface area contributed by atoms with E-state index >= 15 is 0 Å². The number of halogens is 1. The summed E-state index contributed by atoms with van der Waals surface area (Å²) in [5, 5.41) is 1.88. The molecule has 3 aromatic rings. The lowest BCUT2D eigenvalue weighted by atomic mass is 9.94. The summed E-state index contributed by atoms with van der Waals surface area (Å²) in [6.07, 6.45) is 7.44. The van der Waals surface area contributed by atoms with Crippen molar-refractivity contribution in [3.05, 3.63) is 82.1 Å². The van der Waals surface area contributed by atoms with Gasteiger partial charge in [0.15, 0.2) is 0 Å². The van der Waals surface area contributed by atoms with E-state index in [2.05, 4.69) is 4.57 Å². The lowest BCUT2D eigenvalue weighted by Crippen LogP contribution is -2.47. The molecular formula is C27H32FN3O2S. The molecule has 0 saturated heterocycles. The second-order valence-electron chi connectivity index (χ2n) is 8.86. The summed E-state index contributed by atoms with van der Waals surface area (Å²) in [5.74, 6) is -0.342. The average molecular weight is 482 g/mol. The first-order chi connectivity index (χ1) is 16.5. The number of likely N-dealkylation sites (N-methyl/N-ethyl adjacent to an activating group) is 1. The number of hydrogen-bond acceptors (Lipinski definition) is 3. The van der Waals surface area contributed by atoms with Crippen LogP contribution in [0.1, 0.15) is 60.0 Å². The average Bonchev–Trinajstić information content (AvgIpc) is 3.55. The molecule has 2 aromatic heterocycles. The topological polar surface area (TPSA) is 45.6 Å². The molecule has 4 rings (SSSR count). The first-order valence-electron chi connectivity index (χ1n) is 12.1. The zero-order valence-electron chi connectivity index (χ0n) is 19.7. The van der Waals surface area contributed by atoms with Gasteiger partial charge in [0, 0.05) is 31.0 Å². The number of benzene rings is 1. The van der Waals surface area contributed by atoms with E-state index in [-0.39, 0.29) is 30.2 Å². The van der Waals surface area contributed by atoms with Crippen molar-refractivity contribution < 1.29 is 14.0 Å². The predicted molar refractivity (Wildman–Crippen MR) is 133 cm³/mol. The van der Waals surface area contributed by atoms with Crippen molar-refractivity contribution in [2.45, 2.75) is 58.2 Å². The van der Waals surface area contributed by atoms with Crippen LogP contribution in [0.2, 0.25) is 0 Å². The second-order valence-corrected chi connectivity index (χ2v) is 9.81. The monoisotopic (exact) mass is 481 g/mol. The molecule has 0 radical (unpaired) electrons. The molecule has 1 aliphatic carbocycles. The van der Waals surface area contributed by atoms with E-state index in [1.54, 1.807) is 23.1 Å². The van der Waals surface area contributed by atoms with Crippen LogP contribution in [0.5, 0.6) is 0 Å². The Morgan fingerprint density at radius 3 is 2.50 bits per heavy atom. The molecule has 1 aromatic carbocycles. The Labute approximate surface area is 204 Å². The Morgan fingerprint density at radius 2 is 1.82 bits per heavy atom. The van der Waals surface area contributed by atoms with E-state index in [4.69, 9.17) is 0 Å². The minimum Gasteiger partial charge on any atom is -0.345 e. The molecular weight excluding hydrogens is 449 g/mol. The number of hydrogen-bond donors (Lipinski definition) is 0. The fraction of sp³-hybridized carbons (Fsp3) is 0.407. The van der Waals surface area contributed by atoms with Crippen LogP contribution in [0.15, 0.2) is 60.1 Å². The van der Waals surface area contributed by atoms with Gasteiger partial charge in [0.2, 0.25) is 5.91 Å². The lowest BCUT2D eigenvalue weighted by molar-refractivity contribution is -0.135. The quantitative estimate of drug-likeness (QED) is 0.402. The fourth-order valence-electron chi connectivity index (χ4n) is 4.66. The summed E-state index contributed by atoms with van der Waals surface area (Å²) < 4.78 is 15.4. The zero-order chi connectivity index (χ0) is 23.9. The van der Waals surface area contributed by atoms with Crippen LogP contribution < -0.4 is 0 Å². The minimum atomic E-state index is -0.247. The predicted octanol–water partition coefficient (Wildman–Crippen LogP) is 5.56. The van der Waals surface area contributed by atoms with Gasteiger partial charge in [-0.1, -0.05) is 37.5 Å². The van der Waals surface area contributed by atoms with E-state index in [1.165, 1.54) is 29.9 Å². The minimum absolute atomic E-state index is 0.00631. The zero-order valence-corrected chi connectivity index (χ0v) is 20.5. The van der Waals surface area contributed by atoms with E-state index in [0.29, 0.717) is 24.5 Å². The standard InChI is InChI=1S/C27H32FN3O2S/c1-2-29(27(33)25-11-7-17-34-25)20-26(32)31(23-8-4-3-5-9-23)19-24-10-6-16-30(24)18-21-12-14-22(28)15-13-21/h6-7,10-17,23H,2-5,8-9,18-20H2,1H3. The van der Waals surface area contributed by atoms with Crippen LogP contribution in [-0.4, -0.2) is 45.3 Å². The van der Waals surface area contributed by atoms with Gasteiger partial charge in [0.1, 0.15) is 12.4 Å². The SMILES string of the molecule is CCN(CC(=O)N(Cc1cccn1Cc1ccc(F)cc1)C1CCCCC1)C(=O)c1cccs1. The van der Waals surface area contributed by atoms with Gasteiger partial charge < -0.3 is 14.4 Å². The van der Waals surface area contributed by atoms with Gasteiger partial charge in [-0.15, -0.1) is 11.3 Å². The molecule has 5 nitrogen and oxygen atoms in total. The summed E-state index contributed by atoms with van der Waals surface area (Å²) in [4.78, 5) is 30.8.